The molecule has 4 nitrogen and oxygen atoms in total. The molecule has 1 aromatic rings. The Hall–Kier alpha value is -1.13. The lowest BCUT2D eigenvalue weighted by atomic mass is 10.1. The van der Waals surface area contributed by atoms with Crippen molar-refractivity contribution in [1.82, 2.24) is 9.88 Å². The van der Waals surface area contributed by atoms with Crippen molar-refractivity contribution in [2.24, 2.45) is 5.73 Å². The minimum absolute atomic E-state index is 0.523. The maximum atomic E-state index is 5.79. The van der Waals surface area contributed by atoms with E-state index in [0.29, 0.717) is 12.6 Å². The zero-order chi connectivity index (χ0) is 12.3. The average Bonchev–Trinajstić information content (AvgIpc) is 2.50. The lowest BCUT2D eigenvalue weighted by Crippen LogP contribution is -2.38. The van der Waals surface area contributed by atoms with E-state index in [1.165, 1.54) is 18.7 Å². The van der Waals surface area contributed by atoms with E-state index in [1.54, 1.807) is 0 Å². The first-order valence-corrected chi connectivity index (χ1v) is 6.30. The Balaban J connectivity index is 2.25. The SMILES string of the molecule is CC1CN(C)CCCN1c1ccncc1CN. The third kappa shape index (κ3) is 2.76. The molecule has 1 saturated heterocycles. The Morgan fingerprint density at radius 3 is 3.06 bits per heavy atom. The van der Waals surface area contributed by atoms with Crippen molar-refractivity contribution in [1.29, 1.82) is 0 Å². The van der Waals surface area contributed by atoms with Crippen molar-refractivity contribution in [2.45, 2.75) is 25.9 Å². The number of anilines is 1. The van der Waals surface area contributed by atoms with Crippen molar-refractivity contribution in [3.05, 3.63) is 24.0 Å². The van der Waals surface area contributed by atoms with Crippen LogP contribution in [0.4, 0.5) is 5.69 Å². The molecule has 4 heteroatoms. The van der Waals surface area contributed by atoms with Gasteiger partial charge in [-0.25, -0.2) is 0 Å². The van der Waals surface area contributed by atoms with Crippen molar-refractivity contribution in [3.63, 3.8) is 0 Å². The van der Waals surface area contributed by atoms with Crippen LogP contribution in [0.5, 0.6) is 0 Å². The predicted molar refractivity (Wildman–Crippen MR) is 71.1 cm³/mol. The fourth-order valence-corrected chi connectivity index (χ4v) is 2.59. The maximum Gasteiger partial charge on any atom is 0.0445 e. The molecule has 0 bridgehead atoms. The number of hydrogen-bond acceptors (Lipinski definition) is 4. The molecule has 0 aromatic carbocycles. The molecule has 94 valence electrons. The molecule has 0 aliphatic carbocycles. The third-order valence-corrected chi connectivity index (χ3v) is 3.45. The molecule has 2 N–H and O–H groups in total. The summed E-state index contributed by atoms with van der Waals surface area (Å²) in [5.74, 6) is 0. The summed E-state index contributed by atoms with van der Waals surface area (Å²) in [5.41, 5.74) is 8.19. The van der Waals surface area contributed by atoms with E-state index in [1.807, 2.05) is 12.4 Å². The van der Waals surface area contributed by atoms with Gasteiger partial charge in [-0.3, -0.25) is 4.98 Å². The molecule has 1 unspecified atom stereocenters. The van der Waals surface area contributed by atoms with Gasteiger partial charge in [-0.2, -0.15) is 0 Å². The molecule has 0 spiro atoms. The molecule has 17 heavy (non-hydrogen) atoms. The molecular weight excluding hydrogens is 212 g/mol. The molecule has 0 amide bonds. The number of nitrogens with two attached hydrogens (primary N) is 1. The highest BCUT2D eigenvalue weighted by Gasteiger charge is 2.21. The Kier molecular flexibility index (Phi) is 3.97. The third-order valence-electron chi connectivity index (χ3n) is 3.45. The fourth-order valence-electron chi connectivity index (χ4n) is 2.59. The molecule has 1 aliphatic heterocycles. The van der Waals surface area contributed by atoms with Gasteiger partial charge in [0.2, 0.25) is 0 Å². The zero-order valence-corrected chi connectivity index (χ0v) is 10.8. The second-order valence-electron chi connectivity index (χ2n) is 4.87. The van der Waals surface area contributed by atoms with E-state index >= 15 is 0 Å². The van der Waals surface area contributed by atoms with Gasteiger partial charge >= 0.3 is 0 Å². The monoisotopic (exact) mass is 234 g/mol. The van der Waals surface area contributed by atoms with Crippen molar-refractivity contribution in [3.8, 4) is 0 Å². The van der Waals surface area contributed by atoms with E-state index in [-0.39, 0.29) is 0 Å². The van der Waals surface area contributed by atoms with E-state index in [2.05, 4.69) is 34.8 Å². The number of nitrogens with zero attached hydrogens (tertiary/aromatic N) is 3. The largest absolute Gasteiger partial charge is 0.367 e. The second kappa shape index (κ2) is 5.47. The van der Waals surface area contributed by atoms with Gasteiger partial charge in [0.15, 0.2) is 0 Å². The number of pyridine rings is 1. The Morgan fingerprint density at radius 1 is 1.47 bits per heavy atom. The van der Waals surface area contributed by atoms with Crippen LogP contribution in [0.1, 0.15) is 18.9 Å². The molecule has 0 radical (unpaired) electrons. The minimum Gasteiger partial charge on any atom is -0.367 e. The highest BCUT2D eigenvalue weighted by molar-refractivity contribution is 5.53. The first-order valence-electron chi connectivity index (χ1n) is 6.30. The molecule has 1 atom stereocenters. The number of aromatic nitrogens is 1. The Morgan fingerprint density at radius 2 is 2.29 bits per heavy atom. The molecule has 1 aliphatic rings. The van der Waals surface area contributed by atoms with Crippen LogP contribution >= 0.6 is 0 Å². The Labute approximate surface area is 103 Å². The second-order valence-corrected chi connectivity index (χ2v) is 4.87. The first kappa shape index (κ1) is 12.3. The van der Waals surface area contributed by atoms with Crippen molar-refractivity contribution in [2.75, 3.05) is 31.6 Å². The van der Waals surface area contributed by atoms with Gasteiger partial charge in [-0.1, -0.05) is 0 Å². The normalized spacial score (nSPS) is 22.5. The summed E-state index contributed by atoms with van der Waals surface area (Å²) < 4.78 is 0. The van der Waals surface area contributed by atoms with Gasteiger partial charge < -0.3 is 15.5 Å². The van der Waals surface area contributed by atoms with Gasteiger partial charge in [-0.15, -0.1) is 0 Å². The number of likely N-dealkylation sites (N-methyl/N-ethyl adjacent to an activating group) is 1. The van der Waals surface area contributed by atoms with Crippen LogP contribution in [0.3, 0.4) is 0 Å². The van der Waals surface area contributed by atoms with Gasteiger partial charge in [-0.05, 0) is 33.0 Å². The highest BCUT2D eigenvalue weighted by Crippen LogP contribution is 2.23. The molecule has 0 saturated carbocycles. The summed E-state index contributed by atoms with van der Waals surface area (Å²) in [5, 5.41) is 0. The summed E-state index contributed by atoms with van der Waals surface area (Å²) >= 11 is 0. The minimum atomic E-state index is 0.523. The standard InChI is InChI=1S/C13H22N4/c1-11-10-16(2)6-3-7-17(11)13-4-5-15-9-12(13)8-14/h4-5,9,11H,3,6-8,10,14H2,1-2H3. The topological polar surface area (TPSA) is 45.4 Å². The van der Waals surface area contributed by atoms with Crippen molar-refractivity contribution < 1.29 is 0 Å². The summed E-state index contributed by atoms with van der Waals surface area (Å²) in [4.78, 5) is 9.02. The first-order chi connectivity index (χ1) is 8.22. The molecule has 2 heterocycles. The fraction of sp³-hybridized carbons (Fsp3) is 0.615. The van der Waals surface area contributed by atoms with E-state index < -0.39 is 0 Å². The summed E-state index contributed by atoms with van der Waals surface area (Å²) in [6.07, 6.45) is 4.94. The zero-order valence-electron chi connectivity index (χ0n) is 10.8. The van der Waals surface area contributed by atoms with Crippen LogP contribution in [0.15, 0.2) is 18.5 Å². The quantitative estimate of drug-likeness (QED) is 0.831. The van der Waals surface area contributed by atoms with Crippen LogP contribution in [0.2, 0.25) is 0 Å². The average molecular weight is 234 g/mol. The van der Waals surface area contributed by atoms with Crippen LogP contribution in [0, 0.1) is 0 Å². The van der Waals surface area contributed by atoms with Gasteiger partial charge in [0.05, 0.1) is 0 Å². The van der Waals surface area contributed by atoms with Gasteiger partial charge in [0.25, 0.3) is 0 Å². The van der Waals surface area contributed by atoms with Crippen molar-refractivity contribution >= 4 is 5.69 Å². The predicted octanol–water partition coefficient (Wildman–Crippen LogP) is 1.07. The highest BCUT2D eigenvalue weighted by atomic mass is 15.2. The van der Waals surface area contributed by atoms with Crippen LogP contribution < -0.4 is 10.6 Å². The van der Waals surface area contributed by atoms with E-state index in [4.69, 9.17) is 5.73 Å². The Bertz CT molecular complexity index is 366. The summed E-state index contributed by atoms with van der Waals surface area (Å²) in [7, 11) is 2.19. The lowest BCUT2D eigenvalue weighted by Gasteiger charge is -2.31. The number of hydrogen-bond donors (Lipinski definition) is 1. The summed E-state index contributed by atoms with van der Waals surface area (Å²) in [6, 6.07) is 2.61. The van der Waals surface area contributed by atoms with Gasteiger partial charge in [0.1, 0.15) is 0 Å². The van der Waals surface area contributed by atoms with Gasteiger partial charge in [0, 0.05) is 49.3 Å². The molecular formula is C13H22N4. The smallest absolute Gasteiger partial charge is 0.0445 e. The van der Waals surface area contributed by atoms with E-state index in [0.717, 1.165) is 18.7 Å². The maximum absolute atomic E-state index is 5.79. The molecule has 1 aromatic heterocycles. The number of rotatable bonds is 2. The van der Waals surface area contributed by atoms with Crippen LogP contribution in [-0.4, -0.2) is 42.6 Å². The lowest BCUT2D eigenvalue weighted by molar-refractivity contribution is 0.337. The van der Waals surface area contributed by atoms with Crippen LogP contribution in [-0.2, 0) is 6.54 Å². The molecule has 2 rings (SSSR count). The molecule has 1 fully saturated rings. The summed E-state index contributed by atoms with van der Waals surface area (Å²) in [6.45, 7) is 6.21. The van der Waals surface area contributed by atoms with E-state index in [9.17, 15) is 0 Å². The van der Waals surface area contributed by atoms with Crippen LogP contribution in [0.25, 0.3) is 0 Å².